The van der Waals surface area contributed by atoms with Gasteiger partial charge in [-0.05, 0) is 80.6 Å². The molecule has 2 saturated carbocycles. The van der Waals surface area contributed by atoms with Gasteiger partial charge in [-0.2, -0.15) is 10.2 Å². The number of nitrogens with zero attached hydrogens (tertiary/aromatic N) is 4. The first-order chi connectivity index (χ1) is 20.0. The Balaban J connectivity index is 1.09. The van der Waals surface area contributed by atoms with Crippen molar-refractivity contribution in [2.45, 2.75) is 69.5 Å². The van der Waals surface area contributed by atoms with E-state index in [0.717, 1.165) is 41.8 Å². The Morgan fingerprint density at radius 2 is 1.78 bits per heavy atom. The van der Waals surface area contributed by atoms with Crippen molar-refractivity contribution in [3.05, 3.63) is 71.4 Å². The molecule has 0 spiro atoms. The molecule has 0 radical (unpaired) electrons. The fourth-order valence-electron chi connectivity index (χ4n) is 5.75. The van der Waals surface area contributed by atoms with Gasteiger partial charge in [-0.3, -0.25) is 14.4 Å². The van der Waals surface area contributed by atoms with Crippen LogP contribution in [-0.2, 0) is 16.1 Å². The lowest BCUT2D eigenvalue weighted by molar-refractivity contribution is -0.129. The predicted molar refractivity (Wildman–Crippen MR) is 151 cm³/mol. The van der Waals surface area contributed by atoms with Crippen LogP contribution in [0.5, 0.6) is 11.5 Å². The lowest BCUT2D eigenvalue weighted by Gasteiger charge is -2.20. The van der Waals surface area contributed by atoms with Crippen molar-refractivity contribution in [3.63, 3.8) is 0 Å². The molecule has 2 saturated heterocycles. The molecule has 4 aliphatic rings. The van der Waals surface area contributed by atoms with Gasteiger partial charge in [0.25, 0.3) is 5.91 Å². The highest BCUT2D eigenvalue weighted by Crippen LogP contribution is 2.39. The molecule has 3 heterocycles. The molecule has 2 aliphatic heterocycles. The average molecular weight is 552 g/mol. The number of hydrogen-bond donors (Lipinski definition) is 1. The normalized spacial score (nSPS) is 20.5. The van der Waals surface area contributed by atoms with Crippen LogP contribution < -0.4 is 10.1 Å². The largest absolute Gasteiger partial charge is 0.457 e. The summed E-state index contributed by atoms with van der Waals surface area (Å²) >= 11 is 0. The molecule has 0 bridgehead atoms. The first kappa shape index (κ1) is 25.7. The number of hydrogen-bond acceptors (Lipinski definition) is 6. The van der Waals surface area contributed by atoms with Crippen LogP contribution in [0, 0.1) is 0 Å². The lowest BCUT2D eigenvalue weighted by Crippen LogP contribution is -2.37. The summed E-state index contributed by atoms with van der Waals surface area (Å²) in [4.78, 5) is 41.6. The summed E-state index contributed by atoms with van der Waals surface area (Å²) in [5.74, 6) is 1.71. The Morgan fingerprint density at radius 3 is 2.46 bits per heavy atom. The number of benzene rings is 2. The number of likely N-dealkylation sites (tertiary alicyclic amines) is 2. The average Bonchev–Trinajstić information content (AvgIpc) is 3.92. The fraction of sp³-hybridized carbons (Fsp3) is 0.406. The third-order valence-corrected chi connectivity index (χ3v) is 8.40. The zero-order valence-corrected chi connectivity index (χ0v) is 22.9. The molecular formula is C32H33N5O4. The second-order valence-corrected chi connectivity index (χ2v) is 11.6. The predicted octanol–water partition coefficient (Wildman–Crippen LogP) is 4.43. The molecule has 2 aliphatic carbocycles. The van der Waals surface area contributed by atoms with E-state index in [1.165, 1.54) is 12.8 Å². The fourth-order valence-corrected chi connectivity index (χ4v) is 5.75. The highest BCUT2D eigenvalue weighted by Gasteiger charge is 2.39. The highest BCUT2D eigenvalue weighted by atomic mass is 16.5. The summed E-state index contributed by atoms with van der Waals surface area (Å²) in [5, 5.41) is 11.8. The SMILES string of the molecule is O=C(NC1CC(=O)N(C2CC2)C1)c1ccc(CN2CCCC2=O)c(Oc2ccc(-c3ccc(C4CC4)nn3)cc2)c1. The first-order valence-corrected chi connectivity index (χ1v) is 14.6. The molecule has 3 aromatic rings. The lowest BCUT2D eigenvalue weighted by atomic mass is 10.1. The number of nitrogens with one attached hydrogen (secondary N) is 1. The maximum absolute atomic E-state index is 13.2. The molecule has 2 aromatic carbocycles. The summed E-state index contributed by atoms with van der Waals surface area (Å²) in [5.41, 5.74) is 4.09. The highest BCUT2D eigenvalue weighted by molar-refractivity contribution is 5.95. The van der Waals surface area contributed by atoms with E-state index in [2.05, 4.69) is 21.6 Å². The van der Waals surface area contributed by atoms with Gasteiger partial charge < -0.3 is 19.9 Å². The molecule has 7 rings (SSSR count). The van der Waals surface area contributed by atoms with Gasteiger partial charge in [0.2, 0.25) is 11.8 Å². The summed E-state index contributed by atoms with van der Waals surface area (Å²) in [6.45, 7) is 1.70. The summed E-state index contributed by atoms with van der Waals surface area (Å²) in [6.07, 6.45) is 6.22. The maximum atomic E-state index is 13.2. The molecule has 4 fully saturated rings. The second-order valence-electron chi connectivity index (χ2n) is 11.6. The molecule has 1 unspecified atom stereocenters. The van der Waals surface area contributed by atoms with E-state index in [9.17, 15) is 14.4 Å². The van der Waals surface area contributed by atoms with E-state index in [1.54, 1.807) is 12.1 Å². The Morgan fingerprint density at radius 1 is 0.951 bits per heavy atom. The van der Waals surface area contributed by atoms with Crippen molar-refractivity contribution in [1.29, 1.82) is 0 Å². The van der Waals surface area contributed by atoms with Gasteiger partial charge in [0.1, 0.15) is 11.5 Å². The van der Waals surface area contributed by atoms with E-state index in [-0.39, 0.29) is 23.8 Å². The van der Waals surface area contributed by atoms with Gasteiger partial charge in [-0.15, -0.1) is 0 Å². The molecule has 210 valence electrons. The van der Waals surface area contributed by atoms with E-state index >= 15 is 0 Å². The molecule has 3 amide bonds. The number of aromatic nitrogens is 2. The monoisotopic (exact) mass is 551 g/mol. The van der Waals surface area contributed by atoms with E-state index < -0.39 is 0 Å². The Kier molecular flexibility index (Phi) is 6.65. The number of amides is 3. The summed E-state index contributed by atoms with van der Waals surface area (Å²) in [6, 6.07) is 17.2. The summed E-state index contributed by atoms with van der Waals surface area (Å²) < 4.78 is 6.32. The molecule has 1 aromatic heterocycles. The Bertz CT molecular complexity index is 1480. The molecule has 41 heavy (non-hydrogen) atoms. The van der Waals surface area contributed by atoms with Crippen LogP contribution in [0.25, 0.3) is 11.3 Å². The van der Waals surface area contributed by atoms with Crippen LogP contribution in [-0.4, -0.2) is 62.9 Å². The Hall–Kier alpha value is -4.27. The van der Waals surface area contributed by atoms with Crippen LogP contribution in [0.3, 0.4) is 0 Å². The van der Waals surface area contributed by atoms with Crippen LogP contribution in [0.4, 0.5) is 0 Å². The zero-order valence-electron chi connectivity index (χ0n) is 22.9. The van der Waals surface area contributed by atoms with Crippen LogP contribution in [0.2, 0.25) is 0 Å². The van der Waals surface area contributed by atoms with E-state index in [0.29, 0.717) is 61.5 Å². The smallest absolute Gasteiger partial charge is 0.251 e. The first-order valence-electron chi connectivity index (χ1n) is 14.6. The van der Waals surface area contributed by atoms with Crippen molar-refractivity contribution in [1.82, 2.24) is 25.3 Å². The van der Waals surface area contributed by atoms with Crippen LogP contribution >= 0.6 is 0 Å². The van der Waals surface area contributed by atoms with Gasteiger partial charge in [-0.25, -0.2) is 0 Å². The number of ether oxygens (including phenoxy) is 1. The number of carbonyl (C=O) groups is 3. The summed E-state index contributed by atoms with van der Waals surface area (Å²) in [7, 11) is 0. The van der Waals surface area contributed by atoms with Gasteiger partial charge >= 0.3 is 0 Å². The standard InChI is InChI=1S/C32H33N5O4/c38-30-2-1-15-36(30)18-23-6-5-22(32(40)33-24-17-31(39)37(19-24)25-9-10-25)16-29(23)41-26-11-7-21(8-12-26)28-14-13-27(34-35-28)20-3-4-20/h5-8,11-14,16,20,24-25H,1-4,9-10,15,17-19H2,(H,33,40). The molecule has 9 nitrogen and oxygen atoms in total. The minimum atomic E-state index is -0.238. The van der Waals surface area contributed by atoms with Crippen molar-refractivity contribution >= 4 is 17.7 Å². The molecule has 1 atom stereocenters. The minimum absolute atomic E-state index is 0.112. The van der Waals surface area contributed by atoms with Gasteiger partial charge in [-0.1, -0.05) is 6.07 Å². The molecule has 9 heteroatoms. The minimum Gasteiger partial charge on any atom is -0.457 e. The third kappa shape index (κ3) is 5.66. The van der Waals surface area contributed by atoms with Crippen molar-refractivity contribution < 1.29 is 19.1 Å². The van der Waals surface area contributed by atoms with Crippen molar-refractivity contribution in [3.8, 4) is 22.8 Å². The van der Waals surface area contributed by atoms with Gasteiger partial charge in [0, 0.05) is 61.1 Å². The second kappa shape index (κ2) is 10.6. The quantitative estimate of drug-likeness (QED) is 0.422. The van der Waals surface area contributed by atoms with Gasteiger partial charge in [0.15, 0.2) is 0 Å². The third-order valence-electron chi connectivity index (χ3n) is 8.40. The van der Waals surface area contributed by atoms with Crippen LogP contribution in [0.15, 0.2) is 54.6 Å². The molecule has 1 N–H and O–H groups in total. The van der Waals surface area contributed by atoms with Gasteiger partial charge in [0.05, 0.1) is 17.4 Å². The topological polar surface area (TPSA) is 105 Å². The number of carbonyl (C=O) groups excluding carboxylic acids is 3. The van der Waals surface area contributed by atoms with Crippen molar-refractivity contribution in [2.24, 2.45) is 0 Å². The van der Waals surface area contributed by atoms with E-state index in [1.807, 2.05) is 46.2 Å². The zero-order chi connectivity index (χ0) is 27.9. The van der Waals surface area contributed by atoms with E-state index in [4.69, 9.17) is 4.74 Å². The molecular weight excluding hydrogens is 518 g/mol. The van der Waals surface area contributed by atoms with Crippen molar-refractivity contribution in [2.75, 3.05) is 13.1 Å². The van der Waals surface area contributed by atoms with Crippen LogP contribution in [0.1, 0.15) is 72.5 Å². The Labute approximate surface area is 238 Å². The number of rotatable bonds is 9. The maximum Gasteiger partial charge on any atom is 0.251 e.